The fourth-order valence-electron chi connectivity index (χ4n) is 4.37. The molecule has 4 aromatic rings. The first-order chi connectivity index (χ1) is 21.3. The Morgan fingerprint density at radius 1 is 1.09 bits per heavy atom. The number of benzene rings is 2. The van der Waals surface area contributed by atoms with E-state index in [0.717, 1.165) is 25.4 Å². The van der Waals surface area contributed by atoms with Crippen molar-refractivity contribution in [1.29, 1.82) is 0 Å². The number of pyridine rings is 1. The number of halogens is 3. The van der Waals surface area contributed by atoms with Crippen LogP contribution in [0.25, 0.3) is 22.0 Å². The second kappa shape index (κ2) is 14.0. The molecule has 45 heavy (non-hydrogen) atoms. The van der Waals surface area contributed by atoms with E-state index in [1.807, 2.05) is 0 Å². The topological polar surface area (TPSA) is 145 Å². The number of aliphatic hydroxyl groups is 1. The van der Waals surface area contributed by atoms with E-state index in [1.54, 1.807) is 0 Å². The first-order valence-electron chi connectivity index (χ1n) is 13.9. The molecule has 0 bridgehead atoms. The van der Waals surface area contributed by atoms with E-state index in [1.165, 1.54) is 28.9 Å². The van der Waals surface area contributed by atoms with E-state index in [2.05, 4.69) is 39.8 Å². The van der Waals surface area contributed by atoms with E-state index < -0.39 is 57.9 Å². The maximum absolute atomic E-state index is 16.3. The van der Waals surface area contributed by atoms with Gasteiger partial charge in [0, 0.05) is 50.4 Å². The summed E-state index contributed by atoms with van der Waals surface area (Å²) in [5, 5.41) is 16.1. The lowest BCUT2D eigenvalue weighted by Gasteiger charge is -2.16. The summed E-state index contributed by atoms with van der Waals surface area (Å²) < 4.78 is 86.0. The molecular weight excluding hydrogens is 631 g/mol. The molecule has 3 N–H and O–H groups in total. The zero-order chi connectivity index (χ0) is 32.9. The zero-order valence-corrected chi connectivity index (χ0v) is 27.0. The molecule has 0 fully saturated rings. The van der Waals surface area contributed by atoms with Gasteiger partial charge in [-0.3, -0.25) is 9.52 Å². The first-order valence-corrected chi connectivity index (χ1v) is 19.1. The first kappa shape index (κ1) is 33.9. The normalized spacial score (nSPS) is 12.0. The smallest absolute Gasteiger partial charge is 0.272 e. The molecule has 11 nitrogen and oxygen atoms in total. The molecule has 0 saturated carbocycles. The monoisotopic (exact) mass is 665 g/mol. The second-order valence-corrected chi connectivity index (χ2v) is 18.6. The summed E-state index contributed by atoms with van der Waals surface area (Å²) >= 11 is 0. The van der Waals surface area contributed by atoms with Crippen LogP contribution in [0.4, 0.5) is 18.9 Å². The third kappa shape index (κ3) is 7.81. The summed E-state index contributed by atoms with van der Waals surface area (Å²) in [5.74, 6) is -3.98. The van der Waals surface area contributed by atoms with E-state index in [-0.39, 0.29) is 47.6 Å². The molecule has 0 atom stereocenters. The second-order valence-electron chi connectivity index (χ2n) is 11.3. The predicted molar refractivity (Wildman–Crippen MR) is 165 cm³/mol. The van der Waals surface area contributed by atoms with Crippen LogP contribution in [0.2, 0.25) is 25.7 Å². The third-order valence-corrected chi connectivity index (χ3v) is 9.76. The number of nitrogens with zero attached hydrogens (tertiary/aromatic N) is 3. The summed E-state index contributed by atoms with van der Waals surface area (Å²) in [4.78, 5) is 15.8. The molecule has 4 rings (SSSR count). The van der Waals surface area contributed by atoms with Crippen LogP contribution in [0.3, 0.4) is 0 Å². The number of ether oxygens (including phenoxy) is 2. The fourth-order valence-corrected chi connectivity index (χ4v) is 6.32. The number of nitrogens with one attached hydrogen (secondary N) is 2. The van der Waals surface area contributed by atoms with E-state index in [4.69, 9.17) is 14.6 Å². The molecule has 2 aromatic carbocycles. The summed E-state index contributed by atoms with van der Waals surface area (Å²) in [5.41, 5.74) is -1.26. The van der Waals surface area contributed by atoms with Crippen molar-refractivity contribution < 1.29 is 41.0 Å². The Labute approximate surface area is 259 Å². The highest BCUT2D eigenvalue weighted by atomic mass is 32.2. The zero-order valence-electron chi connectivity index (χ0n) is 25.2. The van der Waals surface area contributed by atoms with Crippen molar-refractivity contribution in [3.8, 4) is 17.0 Å². The molecule has 0 spiro atoms. The highest BCUT2D eigenvalue weighted by molar-refractivity contribution is 7.92. The van der Waals surface area contributed by atoms with Crippen molar-refractivity contribution in [2.75, 3.05) is 31.6 Å². The lowest BCUT2D eigenvalue weighted by molar-refractivity contribution is 0.0801. The van der Waals surface area contributed by atoms with Crippen LogP contribution in [-0.4, -0.2) is 69.1 Å². The minimum Gasteiger partial charge on any atom is -0.480 e. The summed E-state index contributed by atoms with van der Waals surface area (Å²) in [6.07, 6.45) is 1.08. The number of methoxy groups -OCH3 is 1. The average Bonchev–Trinajstić information content (AvgIpc) is 3.36. The number of carbonyl (C=O) groups is 1. The quantitative estimate of drug-likeness (QED) is 0.129. The largest absolute Gasteiger partial charge is 0.480 e. The van der Waals surface area contributed by atoms with Crippen molar-refractivity contribution in [2.24, 2.45) is 0 Å². The van der Waals surface area contributed by atoms with Crippen LogP contribution in [0.15, 0.2) is 47.5 Å². The van der Waals surface area contributed by atoms with Crippen LogP contribution in [0.5, 0.6) is 5.88 Å². The van der Waals surface area contributed by atoms with Gasteiger partial charge < -0.3 is 19.9 Å². The van der Waals surface area contributed by atoms with Gasteiger partial charge in [-0.15, -0.1) is 0 Å². The summed E-state index contributed by atoms with van der Waals surface area (Å²) in [7, 11) is -4.88. The number of anilines is 1. The summed E-state index contributed by atoms with van der Waals surface area (Å²) in [6, 6.07) is 7.88. The number of carbonyl (C=O) groups excluding carboxylic acids is 1. The Bertz CT molecular complexity index is 1810. The van der Waals surface area contributed by atoms with Crippen LogP contribution in [0.1, 0.15) is 16.9 Å². The summed E-state index contributed by atoms with van der Waals surface area (Å²) in [6.45, 7) is 6.77. The Hall–Kier alpha value is -3.99. The highest BCUT2D eigenvalue weighted by Gasteiger charge is 2.27. The molecule has 2 aromatic heterocycles. The number of hydrogen-bond acceptors (Lipinski definition) is 8. The Morgan fingerprint density at radius 3 is 2.51 bits per heavy atom. The Kier molecular flexibility index (Phi) is 10.5. The molecule has 0 saturated heterocycles. The molecule has 242 valence electrons. The number of aliphatic hydroxyl groups excluding tert-OH is 1. The van der Waals surface area contributed by atoms with E-state index in [0.29, 0.717) is 19.1 Å². The van der Waals surface area contributed by atoms with Crippen LogP contribution in [-0.2, 0) is 21.5 Å². The fraction of sp³-hybridized carbons (Fsp3) is 0.345. The van der Waals surface area contributed by atoms with E-state index >= 15 is 8.78 Å². The van der Waals surface area contributed by atoms with Crippen LogP contribution in [0, 0.1) is 17.5 Å². The molecule has 0 unspecified atom stereocenters. The Balaban J connectivity index is 1.75. The average molecular weight is 666 g/mol. The van der Waals surface area contributed by atoms with Gasteiger partial charge in [0.15, 0.2) is 22.2 Å². The molecule has 0 aliphatic carbocycles. The predicted octanol–water partition coefficient (Wildman–Crippen LogP) is 4.75. The minimum absolute atomic E-state index is 0.0816. The lowest BCUT2D eigenvalue weighted by atomic mass is 10.0. The number of hydrogen-bond donors (Lipinski definition) is 3. The number of rotatable bonds is 14. The van der Waals surface area contributed by atoms with Crippen LogP contribution >= 0.6 is 0 Å². The Morgan fingerprint density at radius 2 is 1.82 bits per heavy atom. The van der Waals surface area contributed by atoms with Gasteiger partial charge >= 0.3 is 0 Å². The van der Waals surface area contributed by atoms with Crippen molar-refractivity contribution in [1.82, 2.24) is 20.1 Å². The van der Waals surface area contributed by atoms with Gasteiger partial charge in [0.05, 0.1) is 19.0 Å². The number of fused-ring (bicyclic) bond motifs is 1. The SMILES string of the molecule is COc1ncc(F)cc1S(=O)(=O)Nc1cccc(-c2ccc3c(C(=O)NCCCO)nn(COCC[Si](C)(C)C)c3c2F)c1F. The van der Waals surface area contributed by atoms with Gasteiger partial charge in [0.2, 0.25) is 5.88 Å². The number of amides is 1. The van der Waals surface area contributed by atoms with Crippen molar-refractivity contribution in [3.05, 3.63) is 65.7 Å². The molecule has 16 heteroatoms. The molecule has 0 aliphatic heterocycles. The van der Waals surface area contributed by atoms with Crippen molar-refractivity contribution in [3.63, 3.8) is 0 Å². The molecule has 0 radical (unpaired) electrons. The minimum atomic E-state index is -4.59. The molecular formula is C29H34F3N5O6SSi. The third-order valence-electron chi connectivity index (χ3n) is 6.70. The highest BCUT2D eigenvalue weighted by Crippen LogP contribution is 2.35. The van der Waals surface area contributed by atoms with Crippen molar-refractivity contribution in [2.45, 2.75) is 43.7 Å². The molecule has 2 heterocycles. The van der Waals surface area contributed by atoms with Gasteiger partial charge in [-0.25, -0.2) is 31.3 Å². The lowest BCUT2D eigenvalue weighted by Crippen LogP contribution is -2.26. The maximum Gasteiger partial charge on any atom is 0.272 e. The molecule has 0 aliphatic rings. The molecule has 1 amide bonds. The van der Waals surface area contributed by atoms with Gasteiger partial charge in [-0.1, -0.05) is 37.8 Å². The maximum atomic E-state index is 16.3. The number of sulfonamides is 1. The van der Waals surface area contributed by atoms with Crippen molar-refractivity contribution >= 4 is 40.6 Å². The van der Waals surface area contributed by atoms with Gasteiger partial charge in [-0.2, -0.15) is 5.10 Å². The van der Waals surface area contributed by atoms with Crippen LogP contribution < -0.4 is 14.8 Å². The van der Waals surface area contributed by atoms with E-state index in [9.17, 15) is 17.6 Å². The van der Waals surface area contributed by atoms with Gasteiger partial charge in [0.1, 0.15) is 18.1 Å². The van der Waals surface area contributed by atoms with Gasteiger partial charge in [0.25, 0.3) is 15.9 Å². The standard InChI is InChI=1S/C29H34F3N5O6SSi/c1-42-29-23(15-18(30)16-34-29)44(40,41)36-22-8-5-7-19(24(22)31)20-9-10-21-26(28(39)33-11-6-12-38)35-37(27(21)25(20)32)17-43-13-14-45(2,3)4/h5,7-10,15-16,36,38H,6,11-14,17H2,1-4H3,(H,33,39). The number of aromatic nitrogens is 3. The van der Waals surface area contributed by atoms with Gasteiger partial charge in [-0.05, 0) is 24.6 Å².